The van der Waals surface area contributed by atoms with Crippen molar-refractivity contribution < 1.29 is 9.59 Å². The van der Waals surface area contributed by atoms with E-state index in [1.54, 1.807) is 30.1 Å². The topological polar surface area (TPSA) is 49.4 Å². The van der Waals surface area contributed by atoms with Crippen LogP contribution in [0.5, 0.6) is 0 Å². The van der Waals surface area contributed by atoms with Crippen molar-refractivity contribution in [1.82, 2.24) is 4.90 Å². The Hall–Kier alpha value is -2.04. The molecule has 2 aromatic rings. The predicted octanol–water partition coefficient (Wildman–Crippen LogP) is 4.23. The molecule has 0 aliphatic heterocycles. The molecule has 0 spiro atoms. The van der Waals surface area contributed by atoms with E-state index in [9.17, 15) is 9.59 Å². The van der Waals surface area contributed by atoms with Crippen LogP contribution in [0, 0.1) is 11.8 Å². The van der Waals surface area contributed by atoms with Gasteiger partial charge in [0.25, 0.3) is 0 Å². The average Bonchev–Trinajstić information content (AvgIpc) is 3.40. The van der Waals surface area contributed by atoms with Crippen LogP contribution in [-0.2, 0) is 16.1 Å². The van der Waals surface area contributed by atoms with Gasteiger partial charge in [-0.05, 0) is 24.1 Å². The fourth-order valence-electron chi connectivity index (χ4n) is 2.80. The number of carbonyl (C=O) groups excluding carboxylic acids is 2. The van der Waals surface area contributed by atoms with Crippen LogP contribution in [0.15, 0.2) is 48.5 Å². The Labute approximate surface area is 156 Å². The van der Waals surface area contributed by atoms with Crippen molar-refractivity contribution in [1.29, 1.82) is 0 Å². The largest absolute Gasteiger partial charge is 0.341 e. The number of hydrogen-bond donors (Lipinski definition) is 1. The molecule has 1 fully saturated rings. The highest BCUT2D eigenvalue weighted by Gasteiger charge is 2.49. The van der Waals surface area contributed by atoms with Crippen LogP contribution in [0.4, 0.5) is 5.69 Å². The summed E-state index contributed by atoms with van der Waals surface area (Å²) < 4.78 is 0. The Balaban J connectivity index is 1.57. The summed E-state index contributed by atoms with van der Waals surface area (Å²) in [5.41, 5.74) is 1.53. The highest BCUT2D eigenvalue weighted by Crippen LogP contribution is 2.41. The summed E-state index contributed by atoms with van der Waals surface area (Å²) in [6.07, 6.45) is 0.558. The van der Waals surface area contributed by atoms with Crippen LogP contribution in [0.25, 0.3) is 0 Å². The quantitative estimate of drug-likeness (QED) is 0.848. The first-order valence-electron chi connectivity index (χ1n) is 8.01. The number of anilines is 1. The molecule has 130 valence electrons. The van der Waals surface area contributed by atoms with Crippen LogP contribution in [-0.4, -0.2) is 23.8 Å². The minimum absolute atomic E-state index is 0.0128. The Morgan fingerprint density at radius 1 is 1.08 bits per heavy atom. The Morgan fingerprint density at radius 3 is 2.52 bits per heavy atom. The molecule has 0 aromatic heterocycles. The van der Waals surface area contributed by atoms with Gasteiger partial charge in [-0.2, -0.15) is 0 Å². The molecule has 2 atom stereocenters. The average molecular weight is 377 g/mol. The molecular formula is C19H18Cl2N2O2. The van der Waals surface area contributed by atoms with Crippen LogP contribution >= 0.6 is 23.2 Å². The first-order chi connectivity index (χ1) is 12.0. The van der Waals surface area contributed by atoms with Gasteiger partial charge >= 0.3 is 0 Å². The number of benzene rings is 2. The number of rotatable bonds is 5. The highest BCUT2D eigenvalue weighted by molar-refractivity contribution is 6.44. The maximum Gasteiger partial charge on any atom is 0.228 e. The lowest BCUT2D eigenvalue weighted by atomic mass is 10.2. The third kappa shape index (κ3) is 4.14. The second kappa shape index (κ2) is 7.46. The number of amides is 2. The zero-order valence-corrected chi connectivity index (χ0v) is 15.2. The van der Waals surface area contributed by atoms with Gasteiger partial charge in [0, 0.05) is 13.6 Å². The summed E-state index contributed by atoms with van der Waals surface area (Å²) in [4.78, 5) is 26.5. The first-order valence-corrected chi connectivity index (χ1v) is 8.76. The molecule has 2 unspecified atom stereocenters. The summed E-state index contributed by atoms with van der Waals surface area (Å²) in [6, 6.07) is 14.8. The lowest BCUT2D eigenvalue weighted by Crippen LogP contribution is -2.29. The minimum Gasteiger partial charge on any atom is -0.341 e. The fraction of sp³-hybridized carbons (Fsp3) is 0.263. The zero-order valence-electron chi connectivity index (χ0n) is 13.7. The molecule has 0 saturated heterocycles. The fourth-order valence-corrected chi connectivity index (χ4v) is 3.15. The van der Waals surface area contributed by atoms with Gasteiger partial charge in [0.05, 0.1) is 27.6 Å². The lowest BCUT2D eigenvalue weighted by molar-refractivity contribution is -0.133. The lowest BCUT2D eigenvalue weighted by Gasteiger charge is -2.17. The molecule has 1 N–H and O–H groups in total. The maximum atomic E-state index is 12.5. The monoisotopic (exact) mass is 376 g/mol. The van der Waals surface area contributed by atoms with Gasteiger partial charge < -0.3 is 10.2 Å². The highest BCUT2D eigenvalue weighted by atomic mass is 35.5. The van der Waals surface area contributed by atoms with Gasteiger partial charge in [-0.3, -0.25) is 9.59 Å². The molecule has 0 bridgehead atoms. The van der Waals surface area contributed by atoms with Crippen LogP contribution in [0.2, 0.25) is 10.0 Å². The van der Waals surface area contributed by atoms with Crippen LogP contribution in [0.1, 0.15) is 12.0 Å². The first kappa shape index (κ1) is 17.8. The van der Waals surface area contributed by atoms with Crippen molar-refractivity contribution in [2.24, 2.45) is 11.8 Å². The van der Waals surface area contributed by atoms with E-state index in [1.807, 2.05) is 30.3 Å². The van der Waals surface area contributed by atoms with Crippen LogP contribution in [0.3, 0.4) is 0 Å². The summed E-state index contributed by atoms with van der Waals surface area (Å²) in [5.74, 6) is -0.802. The smallest absolute Gasteiger partial charge is 0.228 e. The van der Waals surface area contributed by atoms with Gasteiger partial charge in [-0.25, -0.2) is 0 Å². The molecule has 2 aromatic carbocycles. The standard InChI is InChI=1S/C19H18Cl2N2O2/c1-23(11-12-6-3-2-4-7-12)19(25)14-10-13(14)18(24)22-16-9-5-8-15(20)17(16)21/h2-9,13-14H,10-11H2,1H3,(H,22,24). The molecule has 0 radical (unpaired) electrons. The number of nitrogens with zero attached hydrogens (tertiary/aromatic N) is 1. The Bertz CT molecular complexity index is 795. The predicted molar refractivity (Wildman–Crippen MR) is 99.6 cm³/mol. The van der Waals surface area contributed by atoms with E-state index in [2.05, 4.69) is 5.32 Å². The van der Waals surface area contributed by atoms with Crippen molar-refractivity contribution in [3.05, 3.63) is 64.1 Å². The molecule has 1 aliphatic rings. The number of hydrogen-bond acceptors (Lipinski definition) is 2. The number of nitrogens with one attached hydrogen (secondary N) is 1. The molecule has 4 nitrogen and oxygen atoms in total. The Morgan fingerprint density at radius 2 is 1.80 bits per heavy atom. The number of halogens is 2. The van der Waals surface area contributed by atoms with Crippen molar-refractivity contribution in [3.8, 4) is 0 Å². The second-order valence-corrected chi connectivity index (χ2v) is 7.00. The summed E-state index contributed by atoms with van der Waals surface area (Å²) in [7, 11) is 1.76. The van der Waals surface area contributed by atoms with E-state index < -0.39 is 0 Å². The normalized spacial score (nSPS) is 18.5. The van der Waals surface area contributed by atoms with Gasteiger partial charge in [-0.15, -0.1) is 0 Å². The van der Waals surface area contributed by atoms with Gasteiger partial charge in [0.2, 0.25) is 11.8 Å². The maximum absolute atomic E-state index is 12.5. The van der Waals surface area contributed by atoms with Gasteiger partial charge in [0.15, 0.2) is 0 Å². The van der Waals surface area contributed by atoms with E-state index in [4.69, 9.17) is 23.2 Å². The van der Waals surface area contributed by atoms with Crippen molar-refractivity contribution >= 4 is 40.7 Å². The minimum atomic E-state index is -0.319. The van der Waals surface area contributed by atoms with E-state index >= 15 is 0 Å². The van der Waals surface area contributed by atoms with Gasteiger partial charge in [0.1, 0.15) is 0 Å². The molecular weight excluding hydrogens is 359 g/mol. The molecule has 6 heteroatoms. The Kier molecular flexibility index (Phi) is 5.30. The van der Waals surface area contributed by atoms with Crippen molar-refractivity contribution in [2.45, 2.75) is 13.0 Å². The molecule has 0 heterocycles. The third-order valence-corrected chi connectivity index (χ3v) is 5.11. The summed E-state index contributed by atoms with van der Waals surface area (Å²) in [6.45, 7) is 0.532. The van der Waals surface area contributed by atoms with Crippen molar-refractivity contribution in [3.63, 3.8) is 0 Å². The zero-order chi connectivity index (χ0) is 18.0. The molecule has 1 aliphatic carbocycles. The number of carbonyl (C=O) groups is 2. The van der Waals surface area contributed by atoms with E-state index in [-0.39, 0.29) is 23.7 Å². The summed E-state index contributed by atoms with van der Waals surface area (Å²) in [5, 5.41) is 3.45. The molecule has 3 rings (SSSR count). The third-order valence-electron chi connectivity index (χ3n) is 4.29. The molecule has 1 saturated carbocycles. The molecule has 25 heavy (non-hydrogen) atoms. The summed E-state index contributed by atoms with van der Waals surface area (Å²) >= 11 is 12.0. The second-order valence-electron chi connectivity index (χ2n) is 6.22. The van der Waals surface area contributed by atoms with Crippen LogP contribution < -0.4 is 5.32 Å². The van der Waals surface area contributed by atoms with Crippen molar-refractivity contribution in [2.75, 3.05) is 12.4 Å². The van der Waals surface area contributed by atoms with E-state index in [0.717, 1.165) is 5.56 Å². The molecule has 2 amide bonds. The van der Waals surface area contributed by atoms with E-state index in [1.165, 1.54) is 0 Å². The SMILES string of the molecule is CN(Cc1ccccc1)C(=O)C1CC1C(=O)Nc1cccc(Cl)c1Cl. The van der Waals surface area contributed by atoms with E-state index in [0.29, 0.717) is 28.7 Å². The van der Waals surface area contributed by atoms with Gasteiger partial charge in [-0.1, -0.05) is 59.6 Å².